The average Bonchev–Trinajstić information content (AvgIpc) is 3.58. The van der Waals surface area contributed by atoms with Crippen molar-refractivity contribution in [1.82, 2.24) is 19.9 Å². The third-order valence-electron chi connectivity index (χ3n) is 6.37. The lowest BCUT2D eigenvalue weighted by Crippen LogP contribution is -2.30. The molecule has 17 heteroatoms. The Hall–Kier alpha value is -3.74. The van der Waals surface area contributed by atoms with E-state index >= 15 is 0 Å². The van der Waals surface area contributed by atoms with Gasteiger partial charge < -0.3 is 9.15 Å². The quantitative estimate of drug-likeness (QED) is 0.206. The molecule has 2 heterocycles. The topological polar surface area (TPSA) is 167 Å². The predicted octanol–water partition coefficient (Wildman–Crippen LogP) is 4.51. The summed E-state index contributed by atoms with van der Waals surface area (Å²) in [6.07, 6.45) is -4.59. The number of nitrogens with two attached hydrogens (primary N) is 1. The summed E-state index contributed by atoms with van der Waals surface area (Å²) in [5.74, 6) is -1.32. The molecule has 2 aromatic heterocycles. The van der Waals surface area contributed by atoms with Crippen LogP contribution in [0, 0.1) is 0 Å². The SMILES string of the molecule is COCc1ccc(-c2ccc3nc(C(c4nnc(CNS(N)(=O)=O)o4)S(=O)(=O)Cc4ccc(C(F)(F)F)cc4)sc3c2)cc1. The zero-order valence-electron chi connectivity index (χ0n) is 22.8. The third-order valence-corrected chi connectivity index (χ3v) is 10.0. The molecule has 0 aliphatic rings. The van der Waals surface area contributed by atoms with Gasteiger partial charge in [-0.2, -0.15) is 26.3 Å². The molecule has 232 valence electrons. The molecule has 0 radical (unpaired) electrons. The van der Waals surface area contributed by atoms with E-state index in [1.807, 2.05) is 41.1 Å². The van der Waals surface area contributed by atoms with Crippen molar-refractivity contribution in [1.29, 1.82) is 0 Å². The minimum atomic E-state index is -4.59. The highest BCUT2D eigenvalue weighted by atomic mass is 32.2. The lowest BCUT2D eigenvalue weighted by Gasteiger charge is -2.13. The van der Waals surface area contributed by atoms with Gasteiger partial charge in [0, 0.05) is 7.11 Å². The number of nitrogens with zero attached hydrogens (tertiary/aromatic N) is 3. The van der Waals surface area contributed by atoms with E-state index in [1.54, 1.807) is 13.2 Å². The highest BCUT2D eigenvalue weighted by molar-refractivity contribution is 7.91. The van der Waals surface area contributed by atoms with Gasteiger partial charge in [0.1, 0.15) is 5.01 Å². The Labute approximate surface area is 254 Å². The number of aromatic nitrogens is 3. The number of thiazole rings is 1. The van der Waals surface area contributed by atoms with Gasteiger partial charge in [0.15, 0.2) is 15.1 Å². The van der Waals surface area contributed by atoms with Crippen molar-refractivity contribution in [2.24, 2.45) is 5.14 Å². The summed E-state index contributed by atoms with van der Waals surface area (Å²) < 4.78 is 103. The van der Waals surface area contributed by atoms with Crippen LogP contribution in [0.15, 0.2) is 71.1 Å². The molecule has 3 aromatic carbocycles. The Morgan fingerprint density at radius 2 is 1.61 bits per heavy atom. The summed E-state index contributed by atoms with van der Waals surface area (Å²) in [5, 5.41) is 11.0. The minimum Gasteiger partial charge on any atom is -0.422 e. The van der Waals surface area contributed by atoms with Crippen molar-refractivity contribution in [2.45, 2.75) is 30.3 Å². The Morgan fingerprint density at radius 3 is 2.25 bits per heavy atom. The van der Waals surface area contributed by atoms with E-state index in [0.717, 1.165) is 52.3 Å². The van der Waals surface area contributed by atoms with Gasteiger partial charge in [-0.3, -0.25) is 0 Å². The number of alkyl halides is 3. The summed E-state index contributed by atoms with van der Waals surface area (Å²) in [7, 11) is -6.79. The Bertz CT molecular complexity index is 1990. The molecule has 0 fully saturated rings. The minimum absolute atomic E-state index is 0.0779. The van der Waals surface area contributed by atoms with Crippen molar-refractivity contribution >= 4 is 41.6 Å². The van der Waals surface area contributed by atoms with Crippen LogP contribution in [0.3, 0.4) is 0 Å². The van der Waals surface area contributed by atoms with Crippen molar-refractivity contribution in [3.63, 3.8) is 0 Å². The van der Waals surface area contributed by atoms with Gasteiger partial charge in [0.05, 0.1) is 34.7 Å². The summed E-state index contributed by atoms with van der Waals surface area (Å²) >= 11 is 1.07. The molecular weight excluding hydrogens is 644 g/mol. The molecule has 0 spiro atoms. The molecule has 0 aliphatic carbocycles. The van der Waals surface area contributed by atoms with Crippen LogP contribution >= 0.6 is 11.3 Å². The van der Waals surface area contributed by atoms with E-state index in [2.05, 4.69) is 15.2 Å². The smallest absolute Gasteiger partial charge is 0.416 e. The van der Waals surface area contributed by atoms with Crippen LogP contribution in [-0.2, 0) is 49.9 Å². The van der Waals surface area contributed by atoms with E-state index in [-0.39, 0.29) is 16.5 Å². The maximum atomic E-state index is 13.8. The van der Waals surface area contributed by atoms with Gasteiger partial charge in [-0.1, -0.05) is 42.5 Å². The number of rotatable bonds is 11. The van der Waals surface area contributed by atoms with Gasteiger partial charge in [0.25, 0.3) is 10.2 Å². The van der Waals surface area contributed by atoms with E-state index in [1.165, 1.54) is 0 Å². The number of benzene rings is 3. The first-order chi connectivity index (χ1) is 20.7. The summed E-state index contributed by atoms with van der Waals surface area (Å²) in [5.41, 5.74) is 2.44. The molecule has 0 aliphatic heterocycles. The van der Waals surface area contributed by atoms with Gasteiger partial charge in [-0.25, -0.2) is 18.5 Å². The number of methoxy groups -OCH3 is 1. The second-order valence-corrected chi connectivity index (χ2v) is 14.2. The second-order valence-electron chi connectivity index (χ2n) is 9.65. The summed E-state index contributed by atoms with van der Waals surface area (Å²) in [6, 6.07) is 16.9. The summed E-state index contributed by atoms with van der Waals surface area (Å²) in [4.78, 5) is 4.53. The number of sulfone groups is 1. The monoisotopic (exact) mass is 667 g/mol. The van der Waals surface area contributed by atoms with Gasteiger partial charge in [0.2, 0.25) is 11.8 Å². The van der Waals surface area contributed by atoms with E-state index in [0.29, 0.717) is 16.8 Å². The molecule has 0 saturated heterocycles. The normalized spacial score (nSPS) is 13.4. The Balaban J connectivity index is 1.52. The predicted molar refractivity (Wildman–Crippen MR) is 156 cm³/mol. The number of ether oxygens (including phenoxy) is 1. The van der Waals surface area contributed by atoms with Crippen molar-refractivity contribution < 1.29 is 39.2 Å². The molecule has 0 bridgehead atoms. The van der Waals surface area contributed by atoms with Crippen molar-refractivity contribution in [3.05, 3.63) is 100 Å². The first-order valence-electron chi connectivity index (χ1n) is 12.7. The number of hydrogen-bond acceptors (Lipinski definition) is 10. The Kier molecular flexibility index (Phi) is 8.88. The van der Waals surface area contributed by atoms with Gasteiger partial charge in [-0.15, -0.1) is 21.5 Å². The fourth-order valence-electron chi connectivity index (χ4n) is 4.32. The van der Waals surface area contributed by atoms with Crippen LogP contribution in [0.25, 0.3) is 21.3 Å². The van der Waals surface area contributed by atoms with Crippen LogP contribution in [0.2, 0.25) is 0 Å². The summed E-state index contributed by atoms with van der Waals surface area (Å²) in [6.45, 7) is -0.0286. The number of hydrogen-bond donors (Lipinski definition) is 2. The standard InChI is InChI=1S/C27H24F3N5O6S3/c1-40-14-16-2-6-18(7-3-16)19-8-11-21-22(12-19)42-26(33-21)24(25-35-34-23(41-25)13-32-44(31,38)39)43(36,37)15-17-4-9-20(10-5-17)27(28,29)30/h2-12,24,32H,13-15H2,1H3,(H2,31,38,39). The van der Waals surface area contributed by atoms with E-state index < -0.39 is 55.2 Å². The highest BCUT2D eigenvalue weighted by Gasteiger charge is 2.37. The van der Waals surface area contributed by atoms with Crippen LogP contribution in [0.1, 0.15) is 38.7 Å². The van der Waals surface area contributed by atoms with Crippen LogP contribution < -0.4 is 9.86 Å². The molecule has 5 rings (SSSR count). The fraction of sp³-hybridized carbons (Fsp3) is 0.222. The molecule has 11 nitrogen and oxygen atoms in total. The fourth-order valence-corrected chi connectivity index (χ4v) is 7.80. The molecule has 1 unspecified atom stereocenters. The second kappa shape index (κ2) is 12.3. The number of nitrogens with one attached hydrogen (secondary N) is 1. The Morgan fingerprint density at radius 1 is 0.955 bits per heavy atom. The van der Waals surface area contributed by atoms with Gasteiger partial charge in [-0.05, 0) is 46.5 Å². The first-order valence-corrected chi connectivity index (χ1v) is 16.8. The number of halogens is 3. The molecule has 44 heavy (non-hydrogen) atoms. The van der Waals surface area contributed by atoms with Crippen LogP contribution in [0.5, 0.6) is 0 Å². The maximum absolute atomic E-state index is 13.8. The van der Waals surface area contributed by atoms with Crippen molar-refractivity contribution in [2.75, 3.05) is 7.11 Å². The van der Waals surface area contributed by atoms with Gasteiger partial charge >= 0.3 is 6.18 Å². The maximum Gasteiger partial charge on any atom is 0.416 e. The van der Waals surface area contributed by atoms with Crippen LogP contribution in [0.4, 0.5) is 13.2 Å². The third kappa shape index (κ3) is 7.48. The molecular formula is C27H24F3N5O6S3. The van der Waals surface area contributed by atoms with Crippen LogP contribution in [-0.4, -0.2) is 39.1 Å². The zero-order valence-corrected chi connectivity index (χ0v) is 25.2. The highest BCUT2D eigenvalue weighted by Crippen LogP contribution is 2.38. The molecule has 0 saturated carbocycles. The average molecular weight is 668 g/mol. The molecule has 0 amide bonds. The molecule has 3 N–H and O–H groups in total. The molecule has 1 atom stereocenters. The number of fused-ring (bicyclic) bond motifs is 1. The lowest BCUT2D eigenvalue weighted by molar-refractivity contribution is -0.137. The first kappa shape index (κ1) is 31.7. The zero-order chi connectivity index (χ0) is 31.7. The van der Waals surface area contributed by atoms with E-state index in [9.17, 15) is 30.0 Å². The molecule has 5 aromatic rings. The largest absolute Gasteiger partial charge is 0.422 e. The van der Waals surface area contributed by atoms with E-state index in [4.69, 9.17) is 14.3 Å². The lowest BCUT2D eigenvalue weighted by atomic mass is 10.0. The van der Waals surface area contributed by atoms with Crippen molar-refractivity contribution in [3.8, 4) is 11.1 Å².